The molecule has 0 N–H and O–H groups in total. The fourth-order valence-electron chi connectivity index (χ4n) is 7.74. The lowest BCUT2D eigenvalue weighted by atomic mass is 9.96. The fourth-order valence-corrected chi connectivity index (χ4v) is 7.74. The van der Waals surface area contributed by atoms with Gasteiger partial charge < -0.3 is 9.32 Å². The zero-order valence-corrected chi connectivity index (χ0v) is 29.6. The molecule has 10 aromatic rings. The van der Waals surface area contributed by atoms with Crippen LogP contribution in [0.5, 0.6) is 0 Å². The van der Waals surface area contributed by atoms with E-state index in [4.69, 9.17) is 4.42 Å². The molecular formula is C52H35NO. The third-order valence-corrected chi connectivity index (χ3v) is 10.5. The Kier molecular flexibility index (Phi) is 7.85. The third kappa shape index (κ3) is 5.81. The molecule has 2 nitrogen and oxygen atoms in total. The van der Waals surface area contributed by atoms with Gasteiger partial charge in [0.15, 0.2) is 0 Å². The van der Waals surface area contributed by atoms with Crippen molar-refractivity contribution in [1.82, 2.24) is 0 Å². The number of benzene rings is 9. The van der Waals surface area contributed by atoms with E-state index >= 15 is 0 Å². The van der Waals surface area contributed by atoms with Crippen LogP contribution in [0, 0.1) is 0 Å². The van der Waals surface area contributed by atoms with E-state index in [0.29, 0.717) is 0 Å². The fraction of sp³-hybridized carbons (Fsp3) is 0. The molecule has 1 aromatic heterocycles. The second-order valence-electron chi connectivity index (χ2n) is 13.8. The minimum atomic E-state index is 0.897. The molecule has 1 heterocycles. The Balaban J connectivity index is 0.975. The molecule has 0 saturated heterocycles. The maximum atomic E-state index is 6.33. The number of hydrogen-bond acceptors (Lipinski definition) is 2. The van der Waals surface area contributed by atoms with Crippen LogP contribution in [0.1, 0.15) is 0 Å². The molecule has 254 valence electrons. The molecule has 0 aliphatic heterocycles. The molecule has 0 atom stereocenters. The molecule has 0 fully saturated rings. The highest BCUT2D eigenvalue weighted by Gasteiger charge is 2.15. The first kappa shape index (κ1) is 31.6. The van der Waals surface area contributed by atoms with E-state index in [-0.39, 0.29) is 0 Å². The lowest BCUT2D eigenvalue weighted by Gasteiger charge is -2.26. The monoisotopic (exact) mass is 689 g/mol. The number of anilines is 3. The maximum Gasteiger partial charge on any atom is 0.135 e. The normalized spacial score (nSPS) is 11.3. The first-order valence-corrected chi connectivity index (χ1v) is 18.4. The van der Waals surface area contributed by atoms with E-state index in [2.05, 4.69) is 217 Å². The highest BCUT2D eigenvalue weighted by Crippen LogP contribution is 2.39. The molecule has 2 heteroatoms. The van der Waals surface area contributed by atoms with Crippen LogP contribution in [-0.4, -0.2) is 0 Å². The molecule has 0 amide bonds. The number of rotatable bonds is 7. The predicted molar refractivity (Wildman–Crippen MR) is 228 cm³/mol. The predicted octanol–water partition coefficient (Wildman–Crippen LogP) is 14.9. The van der Waals surface area contributed by atoms with Crippen LogP contribution < -0.4 is 4.90 Å². The molecule has 10 rings (SSSR count). The van der Waals surface area contributed by atoms with Crippen LogP contribution in [0.4, 0.5) is 17.1 Å². The Hall–Kier alpha value is -7.16. The van der Waals surface area contributed by atoms with Gasteiger partial charge in [0.1, 0.15) is 11.2 Å². The van der Waals surface area contributed by atoms with Crippen molar-refractivity contribution in [2.75, 3.05) is 4.90 Å². The van der Waals surface area contributed by atoms with Crippen molar-refractivity contribution in [2.24, 2.45) is 0 Å². The Morgan fingerprint density at radius 1 is 0.278 bits per heavy atom. The standard InChI is InChI=1S/C52H35NO/c1-3-11-36(12-4-1)37-21-27-45(28-22-37)53(44-17-5-2-6-18-44)46-29-23-38(24-30-46)40-15-9-16-41(33-40)42-25-31-51-49(34-42)50-35-43(26-32-52(50)54-51)48-20-10-14-39-13-7-8-19-47(39)48/h1-35H. The number of nitrogens with zero attached hydrogens (tertiary/aromatic N) is 1. The lowest BCUT2D eigenvalue weighted by molar-refractivity contribution is 0.669. The summed E-state index contributed by atoms with van der Waals surface area (Å²) in [6, 6.07) is 75.8. The highest BCUT2D eigenvalue weighted by atomic mass is 16.3. The van der Waals surface area contributed by atoms with Gasteiger partial charge in [-0.15, -0.1) is 0 Å². The van der Waals surface area contributed by atoms with E-state index in [1.807, 2.05) is 0 Å². The second-order valence-corrected chi connectivity index (χ2v) is 13.8. The molecule has 9 aromatic carbocycles. The van der Waals surface area contributed by atoms with Crippen LogP contribution in [-0.2, 0) is 0 Å². The lowest BCUT2D eigenvalue weighted by Crippen LogP contribution is -2.09. The molecule has 0 aliphatic carbocycles. The molecule has 0 bridgehead atoms. The second kappa shape index (κ2) is 13.4. The molecule has 0 radical (unpaired) electrons. The van der Waals surface area contributed by atoms with E-state index in [1.54, 1.807) is 0 Å². The van der Waals surface area contributed by atoms with E-state index in [1.165, 1.54) is 49.7 Å². The van der Waals surface area contributed by atoms with Gasteiger partial charge in [0.05, 0.1) is 0 Å². The summed E-state index contributed by atoms with van der Waals surface area (Å²) in [5.41, 5.74) is 14.6. The van der Waals surface area contributed by atoms with Crippen molar-refractivity contribution in [3.63, 3.8) is 0 Å². The zero-order valence-electron chi connectivity index (χ0n) is 29.6. The van der Waals surface area contributed by atoms with Gasteiger partial charge in [-0.3, -0.25) is 0 Å². The summed E-state index contributed by atoms with van der Waals surface area (Å²) in [6.07, 6.45) is 0. The van der Waals surface area contributed by atoms with Crippen LogP contribution in [0.15, 0.2) is 217 Å². The van der Waals surface area contributed by atoms with Gasteiger partial charge in [-0.1, -0.05) is 146 Å². The Labute approximate surface area is 314 Å². The molecule has 54 heavy (non-hydrogen) atoms. The number of fused-ring (bicyclic) bond motifs is 4. The van der Waals surface area contributed by atoms with Gasteiger partial charge in [0.2, 0.25) is 0 Å². The molecule has 0 saturated carbocycles. The average molecular weight is 690 g/mol. The Bertz CT molecular complexity index is 2900. The minimum Gasteiger partial charge on any atom is -0.456 e. The van der Waals surface area contributed by atoms with Crippen LogP contribution in [0.25, 0.3) is 77.2 Å². The first-order chi connectivity index (χ1) is 26.7. The Morgan fingerprint density at radius 2 is 0.722 bits per heavy atom. The van der Waals surface area contributed by atoms with Gasteiger partial charge in [-0.25, -0.2) is 0 Å². The number of furan rings is 1. The smallest absolute Gasteiger partial charge is 0.135 e. The van der Waals surface area contributed by atoms with Gasteiger partial charge in [-0.05, 0) is 122 Å². The van der Waals surface area contributed by atoms with Crippen LogP contribution in [0.2, 0.25) is 0 Å². The van der Waals surface area contributed by atoms with Crippen molar-refractivity contribution in [3.05, 3.63) is 212 Å². The van der Waals surface area contributed by atoms with Crippen LogP contribution >= 0.6 is 0 Å². The molecule has 0 unspecified atom stereocenters. The largest absolute Gasteiger partial charge is 0.456 e. The summed E-state index contributed by atoms with van der Waals surface area (Å²) < 4.78 is 6.33. The number of para-hydroxylation sites is 1. The van der Waals surface area contributed by atoms with Gasteiger partial charge >= 0.3 is 0 Å². The summed E-state index contributed by atoms with van der Waals surface area (Å²) in [5, 5.41) is 4.74. The highest BCUT2D eigenvalue weighted by molar-refractivity contribution is 6.09. The summed E-state index contributed by atoms with van der Waals surface area (Å²) in [7, 11) is 0. The summed E-state index contributed by atoms with van der Waals surface area (Å²) in [6.45, 7) is 0. The van der Waals surface area contributed by atoms with E-state index < -0.39 is 0 Å². The SMILES string of the molecule is c1ccc(-c2ccc(N(c3ccccc3)c3ccc(-c4cccc(-c5ccc6oc7ccc(-c8cccc9ccccc89)cc7c6c5)c4)cc3)cc2)cc1. The van der Waals surface area contributed by atoms with Crippen molar-refractivity contribution < 1.29 is 4.42 Å². The minimum absolute atomic E-state index is 0.897. The summed E-state index contributed by atoms with van der Waals surface area (Å²) in [5.74, 6) is 0. The summed E-state index contributed by atoms with van der Waals surface area (Å²) >= 11 is 0. The third-order valence-electron chi connectivity index (χ3n) is 10.5. The van der Waals surface area contributed by atoms with E-state index in [9.17, 15) is 0 Å². The topological polar surface area (TPSA) is 16.4 Å². The maximum absolute atomic E-state index is 6.33. The summed E-state index contributed by atoms with van der Waals surface area (Å²) in [4.78, 5) is 2.31. The average Bonchev–Trinajstić information content (AvgIpc) is 3.62. The van der Waals surface area contributed by atoms with Gasteiger partial charge in [-0.2, -0.15) is 0 Å². The first-order valence-electron chi connectivity index (χ1n) is 18.4. The van der Waals surface area contributed by atoms with Crippen molar-refractivity contribution >= 4 is 49.8 Å². The van der Waals surface area contributed by atoms with Crippen LogP contribution in [0.3, 0.4) is 0 Å². The molecule has 0 aliphatic rings. The van der Waals surface area contributed by atoms with Gasteiger partial charge in [0, 0.05) is 27.8 Å². The molecular weight excluding hydrogens is 655 g/mol. The van der Waals surface area contributed by atoms with Crippen molar-refractivity contribution in [1.29, 1.82) is 0 Å². The van der Waals surface area contributed by atoms with Crippen molar-refractivity contribution in [3.8, 4) is 44.5 Å². The van der Waals surface area contributed by atoms with Crippen molar-refractivity contribution in [2.45, 2.75) is 0 Å². The number of hydrogen-bond donors (Lipinski definition) is 0. The quantitative estimate of drug-likeness (QED) is 0.166. The Morgan fingerprint density at radius 3 is 1.43 bits per heavy atom. The van der Waals surface area contributed by atoms with E-state index in [0.717, 1.165) is 44.6 Å². The zero-order chi connectivity index (χ0) is 35.8. The molecule has 0 spiro atoms. The van der Waals surface area contributed by atoms with Gasteiger partial charge in [0.25, 0.3) is 0 Å².